The van der Waals surface area contributed by atoms with Gasteiger partial charge in [-0.3, -0.25) is 0 Å². The van der Waals surface area contributed by atoms with Crippen molar-refractivity contribution in [3.8, 4) is 5.75 Å². The molecule has 0 amide bonds. The number of nitrogens with one attached hydrogen (secondary N) is 2. The van der Waals surface area contributed by atoms with Gasteiger partial charge in [0.2, 0.25) is 0 Å². The summed E-state index contributed by atoms with van der Waals surface area (Å²) >= 11 is 0. The van der Waals surface area contributed by atoms with E-state index in [-0.39, 0.29) is 0 Å². The van der Waals surface area contributed by atoms with Crippen LogP contribution in [-0.4, -0.2) is 59.7 Å². The largest absolute Gasteiger partial charge is 0.492 e. The van der Waals surface area contributed by atoms with E-state index >= 15 is 0 Å². The monoisotopic (exact) mass is 343 g/mol. The summed E-state index contributed by atoms with van der Waals surface area (Å²) in [5, 5.41) is 5.36. The van der Waals surface area contributed by atoms with Gasteiger partial charge in [0.15, 0.2) is 11.6 Å². The summed E-state index contributed by atoms with van der Waals surface area (Å²) < 4.78 is 5.64. The van der Waals surface area contributed by atoms with Gasteiger partial charge in [-0.25, -0.2) is 15.0 Å². The molecule has 0 unspecified atom stereocenters. The van der Waals surface area contributed by atoms with E-state index in [9.17, 15) is 0 Å². The normalized spacial score (nSPS) is 15.8. The molecule has 4 N–H and O–H groups in total. The van der Waals surface area contributed by atoms with Crippen molar-refractivity contribution < 1.29 is 4.74 Å². The summed E-state index contributed by atoms with van der Waals surface area (Å²) in [4.78, 5) is 10.8. The second-order valence-electron chi connectivity index (χ2n) is 5.94. The molecule has 1 aromatic heterocycles. The Hall–Kier alpha value is -2.58. The molecule has 0 atom stereocenters. The molecular formula is C17H25N7O. The topological polar surface area (TPSA) is 91.6 Å². The van der Waals surface area contributed by atoms with Gasteiger partial charge in [-0.1, -0.05) is 12.1 Å². The third-order valence-electron chi connectivity index (χ3n) is 4.09. The number of piperazine rings is 1. The third kappa shape index (κ3) is 4.28. The summed E-state index contributed by atoms with van der Waals surface area (Å²) in [6.45, 7) is 6.38. The number of para-hydroxylation sites is 2. The Morgan fingerprint density at radius 3 is 2.60 bits per heavy atom. The van der Waals surface area contributed by atoms with Gasteiger partial charge >= 0.3 is 0 Å². The highest BCUT2D eigenvalue weighted by Crippen LogP contribution is 2.31. The number of aromatic nitrogens is 2. The second-order valence-corrected chi connectivity index (χ2v) is 5.94. The number of nitrogens with two attached hydrogens (primary N) is 1. The molecule has 1 aliphatic rings. The van der Waals surface area contributed by atoms with Crippen molar-refractivity contribution in [1.82, 2.24) is 19.9 Å². The fourth-order valence-corrected chi connectivity index (χ4v) is 2.63. The number of nitrogens with zero attached hydrogens (tertiary/aromatic N) is 4. The summed E-state index contributed by atoms with van der Waals surface area (Å²) in [6.07, 6.45) is 1.50. The Kier molecular flexibility index (Phi) is 5.52. The maximum Gasteiger partial charge on any atom is 0.169 e. The molecule has 1 fully saturated rings. The molecule has 0 spiro atoms. The van der Waals surface area contributed by atoms with Crippen LogP contribution < -0.4 is 21.2 Å². The Morgan fingerprint density at radius 2 is 1.84 bits per heavy atom. The average molecular weight is 343 g/mol. The minimum absolute atomic E-state index is 0.479. The van der Waals surface area contributed by atoms with E-state index in [1.165, 1.54) is 6.33 Å². The molecule has 0 bridgehead atoms. The summed E-state index contributed by atoms with van der Waals surface area (Å²) in [6, 6.07) is 7.71. The van der Waals surface area contributed by atoms with E-state index in [2.05, 4.69) is 37.7 Å². The lowest BCUT2D eigenvalue weighted by molar-refractivity contribution is 0.178. The van der Waals surface area contributed by atoms with Crippen molar-refractivity contribution in [2.75, 3.05) is 56.3 Å². The van der Waals surface area contributed by atoms with E-state index < -0.39 is 0 Å². The quantitative estimate of drug-likeness (QED) is 0.731. The Balaban J connectivity index is 1.75. The molecule has 8 nitrogen and oxygen atoms in total. The van der Waals surface area contributed by atoms with Crippen LogP contribution in [0.3, 0.4) is 0 Å². The third-order valence-corrected chi connectivity index (χ3v) is 4.09. The van der Waals surface area contributed by atoms with Gasteiger partial charge < -0.3 is 26.1 Å². The molecule has 3 rings (SSSR count). The first kappa shape index (κ1) is 17.2. The number of hydrogen-bond donors (Lipinski definition) is 3. The lowest BCUT2D eigenvalue weighted by atomic mass is 10.3. The van der Waals surface area contributed by atoms with E-state index in [1.807, 2.05) is 31.2 Å². The predicted molar refractivity (Wildman–Crippen MR) is 100 cm³/mol. The second kappa shape index (κ2) is 8.00. The minimum Gasteiger partial charge on any atom is -0.492 e. The highest BCUT2D eigenvalue weighted by Gasteiger charge is 2.17. The van der Waals surface area contributed by atoms with Crippen LogP contribution in [-0.2, 0) is 0 Å². The highest BCUT2D eigenvalue weighted by atomic mass is 16.5. The number of hydrogen-bond acceptors (Lipinski definition) is 8. The smallest absolute Gasteiger partial charge is 0.169 e. The molecule has 2 heterocycles. The summed E-state index contributed by atoms with van der Waals surface area (Å²) in [5.74, 6) is 1.92. The Labute approximate surface area is 148 Å². The van der Waals surface area contributed by atoms with Crippen LogP contribution in [0.2, 0.25) is 0 Å². The number of hydrazine groups is 1. The molecule has 25 heavy (non-hydrogen) atoms. The zero-order valence-electron chi connectivity index (χ0n) is 14.7. The number of likely N-dealkylation sites (N-methyl/N-ethyl adjacent to an activating group) is 1. The van der Waals surface area contributed by atoms with Crippen molar-refractivity contribution in [2.45, 2.75) is 6.92 Å². The maximum absolute atomic E-state index is 6.27. The number of nitrogen functional groups attached to an aromatic ring is 1. The van der Waals surface area contributed by atoms with Gasteiger partial charge in [0.25, 0.3) is 0 Å². The maximum atomic E-state index is 6.27. The van der Waals surface area contributed by atoms with E-state index in [0.717, 1.165) is 37.6 Å². The molecule has 2 aromatic rings. The van der Waals surface area contributed by atoms with Crippen LogP contribution >= 0.6 is 0 Å². The molecule has 0 aliphatic carbocycles. The van der Waals surface area contributed by atoms with Crippen molar-refractivity contribution in [3.63, 3.8) is 0 Å². The molecular weight excluding hydrogens is 318 g/mol. The standard InChI is InChI=1S/C17H25N7O/c1-3-25-14-7-5-4-6-13(14)21-16-15(18)17(20-12-19-16)22-24-10-8-23(2)9-11-24/h4-7,12H,3,8-11,18H2,1-2H3,(H2,19,20,21,22). The minimum atomic E-state index is 0.479. The van der Waals surface area contributed by atoms with Crippen molar-refractivity contribution in [1.29, 1.82) is 0 Å². The van der Waals surface area contributed by atoms with E-state index in [0.29, 0.717) is 23.9 Å². The Morgan fingerprint density at radius 1 is 1.12 bits per heavy atom. The van der Waals surface area contributed by atoms with Crippen LogP contribution in [0.4, 0.5) is 23.0 Å². The SMILES string of the molecule is CCOc1ccccc1Nc1ncnc(NN2CCN(C)CC2)c1N. The van der Waals surface area contributed by atoms with Gasteiger partial charge in [-0.05, 0) is 26.1 Å². The van der Waals surface area contributed by atoms with Crippen LogP contribution in [0.15, 0.2) is 30.6 Å². The number of rotatable bonds is 6. The van der Waals surface area contributed by atoms with Crippen LogP contribution in [0.5, 0.6) is 5.75 Å². The van der Waals surface area contributed by atoms with Crippen molar-refractivity contribution in [3.05, 3.63) is 30.6 Å². The zero-order chi connectivity index (χ0) is 17.6. The molecule has 0 radical (unpaired) electrons. The van der Waals surface area contributed by atoms with Crippen LogP contribution in [0.25, 0.3) is 0 Å². The molecule has 0 saturated carbocycles. The Bertz CT molecular complexity index is 701. The first-order chi connectivity index (χ1) is 12.2. The fraction of sp³-hybridized carbons (Fsp3) is 0.412. The lowest BCUT2D eigenvalue weighted by Crippen LogP contribution is -2.47. The average Bonchev–Trinajstić information content (AvgIpc) is 2.62. The number of ether oxygens (including phenoxy) is 1. The lowest BCUT2D eigenvalue weighted by Gasteiger charge is -2.33. The predicted octanol–water partition coefficient (Wildman–Crippen LogP) is 1.78. The molecule has 1 aromatic carbocycles. The van der Waals surface area contributed by atoms with Crippen LogP contribution in [0.1, 0.15) is 6.92 Å². The van der Waals surface area contributed by atoms with Gasteiger partial charge in [-0.15, -0.1) is 0 Å². The van der Waals surface area contributed by atoms with Crippen molar-refractivity contribution in [2.24, 2.45) is 0 Å². The summed E-state index contributed by atoms with van der Waals surface area (Å²) in [5.41, 5.74) is 10.9. The van der Waals surface area contributed by atoms with E-state index in [4.69, 9.17) is 10.5 Å². The van der Waals surface area contributed by atoms with E-state index in [1.54, 1.807) is 0 Å². The molecule has 8 heteroatoms. The van der Waals surface area contributed by atoms with Gasteiger partial charge in [0, 0.05) is 26.2 Å². The van der Waals surface area contributed by atoms with Gasteiger partial charge in [-0.2, -0.15) is 0 Å². The highest BCUT2D eigenvalue weighted by molar-refractivity contribution is 5.78. The number of benzene rings is 1. The van der Waals surface area contributed by atoms with Crippen LogP contribution in [0, 0.1) is 0 Å². The zero-order valence-corrected chi connectivity index (χ0v) is 14.7. The number of anilines is 4. The molecule has 1 aliphatic heterocycles. The first-order valence-electron chi connectivity index (χ1n) is 8.47. The molecule has 134 valence electrons. The van der Waals surface area contributed by atoms with Gasteiger partial charge in [0.1, 0.15) is 17.8 Å². The summed E-state index contributed by atoms with van der Waals surface area (Å²) in [7, 11) is 2.12. The van der Waals surface area contributed by atoms with Crippen molar-refractivity contribution >= 4 is 23.0 Å². The fourth-order valence-electron chi connectivity index (χ4n) is 2.63. The van der Waals surface area contributed by atoms with Gasteiger partial charge in [0.05, 0.1) is 12.3 Å². The molecule has 1 saturated heterocycles. The first-order valence-corrected chi connectivity index (χ1v) is 8.47.